The summed E-state index contributed by atoms with van der Waals surface area (Å²) >= 11 is 0. The van der Waals surface area contributed by atoms with Gasteiger partial charge in [-0.15, -0.1) is 0 Å². The zero-order chi connectivity index (χ0) is 13.8. The molecule has 0 atom stereocenters. The van der Waals surface area contributed by atoms with Crippen LogP contribution in [0, 0.1) is 6.92 Å². The monoisotopic (exact) mass is 262 g/mol. The van der Waals surface area contributed by atoms with Gasteiger partial charge < -0.3 is 14.9 Å². The van der Waals surface area contributed by atoms with E-state index in [0.717, 1.165) is 31.7 Å². The predicted octanol–water partition coefficient (Wildman–Crippen LogP) is 1.87. The number of likely N-dealkylation sites (tertiary alicyclic amines) is 1. The highest BCUT2D eigenvalue weighted by Gasteiger charge is 2.16. The predicted molar refractivity (Wildman–Crippen MR) is 75.5 cm³/mol. The number of phenols is 1. The molecule has 1 N–H and O–H groups in total. The first-order valence-electron chi connectivity index (χ1n) is 6.85. The summed E-state index contributed by atoms with van der Waals surface area (Å²) in [4.78, 5) is 16.4. The fourth-order valence-electron chi connectivity index (χ4n) is 2.41. The van der Waals surface area contributed by atoms with Crippen molar-refractivity contribution in [1.29, 1.82) is 0 Å². The van der Waals surface area contributed by atoms with E-state index >= 15 is 0 Å². The standard InChI is InChI=1S/C15H22N2O2/c1-12-11-13(5-6-14(12)18)15(19)16(2)9-10-17-7-3-4-8-17/h5-6,11,18H,3-4,7-10H2,1-2H3. The van der Waals surface area contributed by atoms with Crippen molar-refractivity contribution in [2.75, 3.05) is 33.2 Å². The highest BCUT2D eigenvalue weighted by Crippen LogP contribution is 2.18. The summed E-state index contributed by atoms with van der Waals surface area (Å²) in [5.41, 5.74) is 1.37. The third-order valence-corrected chi connectivity index (χ3v) is 3.74. The Labute approximate surface area is 114 Å². The summed E-state index contributed by atoms with van der Waals surface area (Å²) in [5.74, 6) is 0.249. The van der Waals surface area contributed by atoms with Gasteiger partial charge in [-0.2, -0.15) is 0 Å². The molecule has 1 fully saturated rings. The molecule has 1 amide bonds. The lowest BCUT2D eigenvalue weighted by atomic mass is 10.1. The number of phenolic OH excluding ortho intramolecular Hbond substituents is 1. The molecule has 1 aromatic rings. The molecule has 0 saturated carbocycles. The van der Waals surface area contributed by atoms with E-state index in [1.165, 1.54) is 12.8 Å². The molecule has 0 aromatic heterocycles. The van der Waals surface area contributed by atoms with Gasteiger partial charge in [-0.25, -0.2) is 0 Å². The van der Waals surface area contributed by atoms with Gasteiger partial charge in [0.2, 0.25) is 0 Å². The Morgan fingerprint density at radius 2 is 2.05 bits per heavy atom. The van der Waals surface area contributed by atoms with Crippen molar-refractivity contribution in [2.24, 2.45) is 0 Å². The number of carbonyl (C=O) groups excluding carboxylic acids is 1. The number of carbonyl (C=O) groups is 1. The normalized spacial score (nSPS) is 15.7. The van der Waals surface area contributed by atoms with Crippen LogP contribution in [0.5, 0.6) is 5.75 Å². The zero-order valence-corrected chi connectivity index (χ0v) is 11.7. The van der Waals surface area contributed by atoms with Crippen molar-refractivity contribution in [3.63, 3.8) is 0 Å². The molecule has 4 nitrogen and oxygen atoms in total. The molecule has 0 radical (unpaired) electrons. The van der Waals surface area contributed by atoms with Gasteiger partial charge >= 0.3 is 0 Å². The number of aryl methyl sites for hydroxylation is 1. The van der Waals surface area contributed by atoms with Crippen LogP contribution < -0.4 is 0 Å². The summed E-state index contributed by atoms with van der Waals surface area (Å²) in [7, 11) is 1.83. The fraction of sp³-hybridized carbons (Fsp3) is 0.533. The lowest BCUT2D eigenvalue weighted by molar-refractivity contribution is 0.0782. The number of hydrogen-bond acceptors (Lipinski definition) is 3. The Hall–Kier alpha value is -1.55. The molecule has 0 unspecified atom stereocenters. The summed E-state index contributed by atoms with van der Waals surface area (Å²) < 4.78 is 0. The molecule has 1 heterocycles. The van der Waals surface area contributed by atoms with E-state index in [1.807, 2.05) is 7.05 Å². The second kappa shape index (κ2) is 6.06. The van der Waals surface area contributed by atoms with Gasteiger partial charge in [0.05, 0.1) is 0 Å². The first-order chi connectivity index (χ1) is 9.08. The maximum Gasteiger partial charge on any atom is 0.253 e. The second-order valence-corrected chi connectivity index (χ2v) is 5.28. The average molecular weight is 262 g/mol. The average Bonchev–Trinajstić information content (AvgIpc) is 2.91. The number of amides is 1. The first-order valence-corrected chi connectivity index (χ1v) is 6.85. The molecule has 2 rings (SSSR count). The van der Waals surface area contributed by atoms with Crippen molar-refractivity contribution in [3.8, 4) is 5.75 Å². The van der Waals surface area contributed by atoms with Crippen molar-refractivity contribution in [2.45, 2.75) is 19.8 Å². The van der Waals surface area contributed by atoms with Gasteiger partial charge in [0.25, 0.3) is 5.91 Å². The Morgan fingerprint density at radius 3 is 2.68 bits per heavy atom. The van der Waals surface area contributed by atoms with Crippen LogP contribution in [0.1, 0.15) is 28.8 Å². The second-order valence-electron chi connectivity index (χ2n) is 5.28. The van der Waals surface area contributed by atoms with Crippen molar-refractivity contribution >= 4 is 5.91 Å². The van der Waals surface area contributed by atoms with Gasteiger partial charge in [-0.1, -0.05) is 0 Å². The summed E-state index contributed by atoms with van der Waals surface area (Å²) in [6, 6.07) is 5.00. The molecule has 0 bridgehead atoms. The minimum absolute atomic E-state index is 0.0160. The quantitative estimate of drug-likeness (QED) is 0.901. The Morgan fingerprint density at radius 1 is 1.37 bits per heavy atom. The van der Waals surface area contributed by atoms with E-state index in [1.54, 1.807) is 30.0 Å². The maximum atomic E-state index is 12.2. The minimum Gasteiger partial charge on any atom is -0.508 e. The first kappa shape index (κ1) is 13.9. The zero-order valence-electron chi connectivity index (χ0n) is 11.7. The third-order valence-electron chi connectivity index (χ3n) is 3.74. The number of rotatable bonds is 4. The molecule has 1 saturated heterocycles. The van der Waals surface area contributed by atoms with E-state index < -0.39 is 0 Å². The number of likely N-dealkylation sites (N-methyl/N-ethyl adjacent to an activating group) is 1. The highest BCUT2D eigenvalue weighted by atomic mass is 16.3. The lowest BCUT2D eigenvalue weighted by Crippen LogP contribution is -2.35. The van der Waals surface area contributed by atoms with Gasteiger partial charge in [-0.3, -0.25) is 4.79 Å². The molecule has 104 valence electrons. The Balaban J connectivity index is 1.92. The largest absolute Gasteiger partial charge is 0.508 e. The van der Waals surface area contributed by atoms with Gasteiger partial charge in [0.15, 0.2) is 0 Å². The molecule has 0 aliphatic carbocycles. The van der Waals surface area contributed by atoms with Crippen LogP contribution in [0.25, 0.3) is 0 Å². The number of nitrogens with zero attached hydrogens (tertiary/aromatic N) is 2. The number of benzene rings is 1. The molecular formula is C15H22N2O2. The van der Waals surface area contributed by atoms with Crippen LogP contribution in [0.3, 0.4) is 0 Å². The summed E-state index contributed by atoms with van der Waals surface area (Å²) in [6.45, 7) is 5.80. The Bertz CT molecular complexity index is 453. The van der Waals surface area contributed by atoms with Crippen LogP contribution >= 0.6 is 0 Å². The SMILES string of the molecule is Cc1cc(C(=O)N(C)CCN2CCCC2)ccc1O. The van der Waals surface area contributed by atoms with Crippen molar-refractivity contribution in [1.82, 2.24) is 9.80 Å². The molecule has 1 aliphatic heterocycles. The Kier molecular flexibility index (Phi) is 4.43. The van der Waals surface area contributed by atoms with E-state index in [9.17, 15) is 9.90 Å². The maximum absolute atomic E-state index is 12.2. The van der Waals surface area contributed by atoms with Crippen LogP contribution in [0.4, 0.5) is 0 Å². The van der Waals surface area contributed by atoms with Gasteiger partial charge in [0.1, 0.15) is 5.75 Å². The summed E-state index contributed by atoms with van der Waals surface area (Å²) in [6.07, 6.45) is 2.55. The molecular weight excluding hydrogens is 240 g/mol. The van der Waals surface area contributed by atoms with Crippen LogP contribution in [-0.2, 0) is 0 Å². The fourth-order valence-corrected chi connectivity index (χ4v) is 2.41. The molecule has 19 heavy (non-hydrogen) atoms. The molecule has 0 spiro atoms. The molecule has 1 aliphatic rings. The minimum atomic E-state index is 0.0160. The third kappa shape index (κ3) is 3.47. The molecule has 4 heteroatoms. The number of aromatic hydroxyl groups is 1. The van der Waals surface area contributed by atoms with Crippen LogP contribution in [0.2, 0.25) is 0 Å². The van der Waals surface area contributed by atoms with Crippen LogP contribution in [-0.4, -0.2) is 54.0 Å². The summed E-state index contributed by atoms with van der Waals surface area (Å²) in [5, 5.41) is 9.48. The van der Waals surface area contributed by atoms with Gasteiger partial charge in [0, 0.05) is 25.7 Å². The van der Waals surface area contributed by atoms with E-state index in [-0.39, 0.29) is 11.7 Å². The van der Waals surface area contributed by atoms with Crippen molar-refractivity contribution in [3.05, 3.63) is 29.3 Å². The smallest absolute Gasteiger partial charge is 0.253 e. The highest BCUT2D eigenvalue weighted by molar-refractivity contribution is 5.94. The van der Waals surface area contributed by atoms with E-state index in [0.29, 0.717) is 5.56 Å². The van der Waals surface area contributed by atoms with E-state index in [2.05, 4.69) is 4.90 Å². The van der Waals surface area contributed by atoms with Crippen LogP contribution in [0.15, 0.2) is 18.2 Å². The topological polar surface area (TPSA) is 43.8 Å². The number of hydrogen-bond donors (Lipinski definition) is 1. The van der Waals surface area contributed by atoms with E-state index in [4.69, 9.17) is 0 Å². The molecule has 1 aromatic carbocycles. The lowest BCUT2D eigenvalue weighted by Gasteiger charge is -2.21. The van der Waals surface area contributed by atoms with Gasteiger partial charge in [-0.05, 0) is 56.6 Å². The van der Waals surface area contributed by atoms with Crippen molar-refractivity contribution < 1.29 is 9.90 Å².